The Kier molecular flexibility index (Phi) is 46.8. The van der Waals surface area contributed by atoms with E-state index in [-0.39, 0.29) is 174 Å². The number of aliphatic hydroxyl groups excluding tert-OH is 1. The molecule has 2 aliphatic rings. The number of aromatic nitrogens is 1. The fourth-order valence-electron chi connectivity index (χ4n) is 13.5. The standard InChI is InChI=1S/C79H130N17O18P/c1-3-5-7-8-9-10-11-12-13-14-15-16-17-25-42-113-115(108,109)114-49-48-112-47-46-111-45-44-110-43-38-69(99)89-61(34-26-40-86-78(81)82)71(101)91-62(31-6-4-2)72(102)93-64-36-37-68(98)85-39-24-23-33-60(70(80)100)90-75(105)66(51-56-53-88-59-32-22-21-30-58(56)59)94-73(103)63(35-27-41-87-79(83)84)92-74(104)65(50-55-28-19-18-20-29-55)95-76(106)67-52-57(97)54-96(67)77(64)107/h18-22,28-30,32,53,57,60-67,88,97H,3-17,23-27,31,33-52,54H2,1-2H3,(H2,80,100)(H,85,98)(H,89,99)(H,90,105)(H,91,101)(H,92,104)(H,93,102)(H,94,103)(H,95,106)(H,108,109)(H4,81,82,86)(H4,83,84,87)/t57?,60-,61-,62-,63-,64-,65+,66-,67-/m0/s1. The number of nitrogens with two attached hydrogens (primary N) is 5. The van der Waals surface area contributed by atoms with Gasteiger partial charge in [0.2, 0.25) is 59.1 Å². The van der Waals surface area contributed by atoms with Gasteiger partial charge in [-0.3, -0.25) is 67.0 Å². The summed E-state index contributed by atoms with van der Waals surface area (Å²) in [6.45, 7) is 4.28. The molecule has 2 aliphatic heterocycles. The van der Waals surface area contributed by atoms with Gasteiger partial charge in [0.1, 0.15) is 48.3 Å². The molecule has 1 aromatic heterocycles. The number of guanidine groups is 2. The summed E-state index contributed by atoms with van der Waals surface area (Å²) in [5, 5.41) is 34.1. The van der Waals surface area contributed by atoms with Crippen molar-refractivity contribution in [2.45, 2.75) is 261 Å². The van der Waals surface area contributed by atoms with Crippen LogP contribution in [0.15, 0.2) is 70.8 Å². The third-order valence-corrected chi connectivity index (χ3v) is 20.8. The molecule has 3 aromatic rings. The van der Waals surface area contributed by atoms with Gasteiger partial charge in [-0.05, 0) is 81.4 Å². The molecule has 2 unspecified atom stereocenters. The number of carbonyl (C=O) groups excluding carboxylic acids is 10. The summed E-state index contributed by atoms with van der Waals surface area (Å²) in [6, 6.07) is 4.71. The van der Waals surface area contributed by atoms with Crippen molar-refractivity contribution < 1.29 is 85.8 Å². The number of para-hydroxylation sites is 1. The number of aliphatic imine (C=N–C) groups is 2. The van der Waals surface area contributed by atoms with Crippen LogP contribution in [0.1, 0.15) is 205 Å². The number of nitrogens with one attached hydrogen (secondary N) is 9. The number of hydrogen-bond donors (Lipinski definition) is 16. The van der Waals surface area contributed by atoms with Gasteiger partial charge in [-0.25, -0.2) is 4.57 Å². The van der Waals surface area contributed by atoms with Crippen molar-refractivity contribution in [3.8, 4) is 0 Å². The number of benzene rings is 2. The Morgan fingerprint density at radius 1 is 0.591 bits per heavy atom. The number of aromatic amines is 1. The van der Waals surface area contributed by atoms with Crippen molar-refractivity contribution in [3.05, 3.63) is 71.9 Å². The van der Waals surface area contributed by atoms with E-state index in [0.29, 0.717) is 30.4 Å². The van der Waals surface area contributed by atoms with Crippen LogP contribution in [0, 0.1) is 0 Å². The summed E-state index contributed by atoms with van der Waals surface area (Å²) in [7, 11) is -4.22. The number of hydrogen-bond acceptors (Lipinski definition) is 19. The summed E-state index contributed by atoms with van der Waals surface area (Å²) in [4.78, 5) is 166. The highest BCUT2D eigenvalue weighted by Crippen LogP contribution is 2.43. The van der Waals surface area contributed by atoms with Crippen LogP contribution in [-0.4, -0.2) is 224 Å². The monoisotopic (exact) mass is 1640 g/mol. The maximum atomic E-state index is 15.2. The molecule has 10 atom stereocenters. The summed E-state index contributed by atoms with van der Waals surface area (Å²) in [5.41, 5.74) is 30.3. The first-order valence-electron chi connectivity index (χ1n) is 41.1. The van der Waals surface area contributed by atoms with E-state index in [9.17, 15) is 57.7 Å². The van der Waals surface area contributed by atoms with Gasteiger partial charge in [0.05, 0.1) is 59.0 Å². The van der Waals surface area contributed by atoms with Crippen LogP contribution in [0.5, 0.6) is 0 Å². The molecule has 644 valence electrons. The van der Waals surface area contributed by atoms with Gasteiger partial charge in [-0.1, -0.05) is 159 Å². The fourth-order valence-corrected chi connectivity index (χ4v) is 14.2. The first-order valence-corrected chi connectivity index (χ1v) is 42.6. The van der Waals surface area contributed by atoms with Gasteiger partial charge in [0, 0.05) is 75.4 Å². The molecule has 0 saturated carbocycles. The van der Waals surface area contributed by atoms with Crippen molar-refractivity contribution in [1.29, 1.82) is 0 Å². The number of H-pyrrole nitrogens is 1. The van der Waals surface area contributed by atoms with Gasteiger partial charge in [0.25, 0.3) is 0 Å². The molecule has 0 radical (unpaired) electrons. The maximum Gasteiger partial charge on any atom is 0.472 e. The van der Waals surface area contributed by atoms with Crippen LogP contribution < -0.4 is 71.2 Å². The zero-order valence-electron chi connectivity index (χ0n) is 67.3. The van der Waals surface area contributed by atoms with Crippen LogP contribution in [-0.2, 0) is 88.6 Å². The molecule has 21 N–H and O–H groups in total. The highest BCUT2D eigenvalue weighted by molar-refractivity contribution is 7.47. The van der Waals surface area contributed by atoms with Crippen LogP contribution >= 0.6 is 7.82 Å². The second-order valence-electron chi connectivity index (χ2n) is 29.3. The molecule has 2 saturated heterocycles. The molecule has 35 nitrogen and oxygen atoms in total. The Morgan fingerprint density at radius 3 is 1.79 bits per heavy atom. The number of aliphatic hydroxyl groups is 1. The Labute approximate surface area is 675 Å². The Balaban J connectivity index is 1.23. The predicted molar refractivity (Wildman–Crippen MR) is 436 cm³/mol. The second kappa shape index (κ2) is 55.7. The normalized spacial score (nSPS) is 20.0. The maximum absolute atomic E-state index is 15.2. The zero-order chi connectivity index (χ0) is 83.6. The van der Waals surface area contributed by atoms with Crippen molar-refractivity contribution in [1.82, 2.24) is 52.4 Å². The first-order chi connectivity index (χ1) is 55.4. The van der Waals surface area contributed by atoms with E-state index < -0.39 is 128 Å². The molecule has 0 spiro atoms. The van der Waals surface area contributed by atoms with Gasteiger partial charge in [-0.2, -0.15) is 0 Å². The summed E-state index contributed by atoms with van der Waals surface area (Å²) >= 11 is 0. The van der Waals surface area contributed by atoms with Crippen molar-refractivity contribution >= 4 is 89.7 Å². The molecular weight excluding hydrogens is 1510 g/mol. The highest BCUT2D eigenvalue weighted by Gasteiger charge is 2.44. The number of rotatable bonds is 50. The lowest BCUT2D eigenvalue weighted by molar-refractivity contribution is -0.143. The molecular formula is C79H130N17O18P. The number of carbonyl (C=O) groups is 10. The van der Waals surface area contributed by atoms with Gasteiger partial charge < -0.3 is 105 Å². The molecule has 10 amide bonds. The Bertz CT molecular complexity index is 3550. The lowest BCUT2D eigenvalue weighted by Crippen LogP contribution is -2.60. The van der Waals surface area contributed by atoms with Gasteiger partial charge >= 0.3 is 7.82 Å². The number of fused-ring (bicyclic) bond motifs is 2. The third kappa shape index (κ3) is 39.6. The van der Waals surface area contributed by atoms with Crippen LogP contribution in [0.4, 0.5) is 0 Å². The van der Waals surface area contributed by atoms with Crippen molar-refractivity contribution in [3.63, 3.8) is 0 Å². The van der Waals surface area contributed by atoms with E-state index in [4.69, 9.17) is 51.9 Å². The summed E-state index contributed by atoms with van der Waals surface area (Å²) < 4.78 is 39.1. The SMILES string of the molecule is CCCCCCCCCCCCCCCCOP(=O)(O)OCCOCCOCCOCCC(=O)N[C@@H](CCCN=C(N)N)C(=O)N[C@@H](CCCC)C(=O)N[C@H]1CCC(=O)NCCCC[C@@H](C(N)=O)NC(=O)[C@H](Cc2c[nH]c3ccccc23)NC(=O)[C@H](CCCN=C(N)N)NC(=O)[C@@H](Cc2ccccc2)NC(=O)[C@@H]2CC(O)CN2C1=O. The lowest BCUT2D eigenvalue weighted by Gasteiger charge is -2.31. The average Bonchev–Trinajstić information content (AvgIpc) is 1.67. The molecule has 5 rings (SSSR count). The topological polar surface area (TPSA) is 544 Å². The zero-order valence-corrected chi connectivity index (χ0v) is 68.2. The van der Waals surface area contributed by atoms with Crippen LogP contribution in [0.3, 0.4) is 0 Å². The minimum absolute atomic E-state index is 0.00324. The molecule has 3 heterocycles. The predicted octanol–water partition coefficient (Wildman–Crippen LogP) is 3.23. The third-order valence-electron chi connectivity index (χ3n) is 19.8. The van der Waals surface area contributed by atoms with Crippen molar-refractivity contribution in [2.75, 3.05) is 79.0 Å². The smallest absolute Gasteiger partial charge is 0.391 e. The number of phosphoric acid groups is 1. The molecule has 115 heavy (non-hydrogen) atoms. The van der Waals surface area contributed by atoms with Gasteiger partial charge in [0.15, 0.2) is 11.9 Å². The number of primary amides is 1. The minimum atomic E-state index is -4.22. The largest absolute Gasteiger partial charge is 0.472 e. The van der Waals surface area contributed by atoms with Crippen LogP contribution in [0.25, 0.3) is 10.9 Å². The van der Waals surface area contributed by atoms with E-state index in [1.165, 1.54) is 64.2 Å². The van der Waals surface area contributed by atoms with E-state index >= 15 is 4.79 Å². The molecule has 0 aliphatic carbocycles. The molecule has 2 aromatic carbocycles. The van der Waals surface area contributed by atoms with E-state index in [1.54, 1.807) is 42.6 Å². The van der Waals surface area contributed by atoms with Crippen LogP contribution in [0.2, 0.25) is 0 Å². The average molecular weight is 1640 g/mol. The number of phosphoric ester groups is 1. The van der Waals surface area contributed by atoms with E-state index in [1.807, 2.05) is 25.1 Å². The number of ether oxygens (including phenoxy) is 3. The number of nitrogens with zero attached hydrogens (tertiary/aromatic N) is 3. The molecule has 2 fully saturated rings. The quantitative estimate of drug-likeness (QED) is 0.0167. The molecule has 36 heteroatoms. The van der Waals surface area contributed by atoms with E-state index in [0.717, 1.165) is 35.1 Å². The highest BCUT2D eigenvalue weighted by atomic mass is 31.2. The van der Waals surface area contributed by atoms with Crippen molar-refractivity contribution in [2.24, 2.45) is 38.7 Å². The summed E-state index contributed by atoms with van der Waals surface area (Å²) in [6.07, 6.45) is 17.3. The fraction of sp³-hybridized carbons (Fsp3) is 0.671. The number of unbranched alkanes of at least 4 members (excludes halogenated alkanes) is 14. The molecule has 0 bridgehead atoms. The lowest BCUT2D eigenvalue weighted by atomic mass is 10.0. The van der Waals surface area contributed by atoms with E-state index in [2.05, 4.69) is 64.4 Å². The number of amides is 10. The second-order valence-corrected chi connectivity index (χ2v) is 30.7. The Hall–Kier alpha value is -8.83. The minimum Gasteiger partial charge on any atom is -0.391 e. The van der Waals surface area contributed by atoms with Gasteiger partial charge in [-0.15, -0.1) is 0 Å². The first kappa shape index (κ1) is 96.8. The Morgan fingerprint density at radius 2 is 1.14 bits per heavy atom. The summed E-state index contributed by atoms with van der Waals surface area (Å²) in [5.74, 6) is -8.36.